The van der Waals surface area contributed by atoms with E-state index in [0.29, 0.717) is 12.8 Å². The summed E-state index contributed by atoms with van der Waals surface area (Å²) < 4.78 is 37.6. The Kier molecular flexibility index (Phi) is 6.10. The quantitative estimate of drug-likeness (QED) is 0.779. The van der Waals surface area contributed by atoms with Crippen molar-refractivity contribution in [3.05, 3.63) is 24.3 Å². The van der Waals surface area contributed by atoms with Gasteiger partial charge in [0.2, 0.25) is 5.91 Å². The van der Waals surface area contributed by atoms with Crippen molar-refractivity contribution < 1.29 is 18.0 Å². The van der Waals surface area contributed by atoms with E-state index in [1.165, 1.54) is 18.2 Å². The average molecular weight is 320 g/mol. The minimum atomic E-state index is -4.40. The molecule has 1 aromatic rings. The van der Waals surface area contributed by atoms with Crippen LogP contribution in [0.4, 0.5) is 18.9 Å². The number of benzene rings is 1. The molecular formula is C14H19F3N2OS. The van der Waals surface area contributed by atoms with E-state index in [0.717, 1.165) is 0 Å². The fourth-order valence-corrected chi connectivity index (χ4v) is 2.62. The number of hydrogen-bond acceptors (Lipinski definition) is 3. The first-order valence-electron chi connectivity index (χ1n) is 6.64. The van der Waals surface area contributed by atoms with Gasteiger partial charge in [-0.25, -0.2) is 0 Å². The first-order valence-corrected chi connectivity index (χ1v) is 7.46. The fraction of sp³-hybridized carbons (Fsp3) is 0.500. The van der Waals surface area contributed by atoms with E-state index in [1.807, 2.05) is 13.8 Å². The summed E-state index contributed by atoms with van der Waals surface area (Å²) in [5.41, 5.74) is 0.679. The molecule has 0 aliphatic rings. The lowest BCUT2D eigenvalue weighted by Crippen LogP contribution is -2.41. The molecule has 0 aliphatic carbocycles. The molecule has 0 heterocycles. The van der Waals surface area contributed by atoms with Crippen molar-refractivity contribution in [2.75, 3.05) is 11.9 Å². The Labute approximate surface area is 126 Å². The summed E-state index contributed by atoms with van der Waals surface area (Å²) in [5, 5.41) is 2.59. The first kappa shape index (κ1) is 17.8. The molecule has 0 spiro atoms. The molecule has 0 atom stereocenters. The van der Waals surface area contributed by atoms with Crippen molar-refractivity contribution in [2.24, 2.45) is 11.1 Å². The zero-order valence-corrected chi connectivity index (χ0v) is 12.8. The van der Waals surface area contributed by atoms with Gasteiger partial charge in [-0.3, -0.25) is 4.79 Å². The molecule has 0 unspecified atom stereocenters. The third-order valence-electron chi connectivity index (χ3n) is 3.59. The second-order valence-corrected chi connectivity index (χ2v) is 5.80. The second-order valence-electron chi connectivity index (χ2n) is 4.69. The van der Waals surface area contributed by atoms with Crippen LogP contribution in [0.1, 0.15) is 26.7 Å². The molecule has 3 nitrogen and oxygen atoms in total. The molecule has 118 valence electrons. The summed E-state index contributed by atoms with van der Waals surface area (Å²) in [6, 6.07) is 5.87. The van der Waals surface area contributed by atoms with E-state index >= 15 is 0 Å². The predicted octanol–water partition coefficient (Wildman–Crippen LogP) is 4.00. The van der Waals surface area contributed by atoms with Gasteiger partial charge in [0, 0.05) is 11.4 Å². The summed E-state index contributed by atoms with van der Waals surface area (Å²) in [6.07, 6.45) is 1.06. The minimum Gasteiger partial charge on any atom is -0.329 e. The average Bonchev–Trinajstić information content (AvgIpc) is 2.42. The Balaban J connectivity index is 3.00. The van der Waals surface area contributed by atoms with Crippen molar-refractivity contribution in [3.63, 3.8) is 0 Å². The van der Waals surface area contributed by atoms with E-state index in [9.17, 15) is 18.0 Å². The molecule has 1 aromatic carbocycles. The zero-order chi connectivity index (χ0) is 16.1. The lowest BCUT2D eigenvalue weighted by Gasteiger charge is -2.29. The van der Waals surface area contributed by atoms with E-state index in [4.69, 9.17) is 5.73 Å². The molecule has 0 radical (unpaired) electrons. The van der Waals surface area contributed by atoms with Gasteiger partial charge in [-0.2, -0.15) is 13.2 Å². The monoisotopic (exact) mass is 320 g/mol. The molecule has 1 amide bonds. The van der Waals surface area contributed by atoms with Crippen LogP contribution in [-0.4, -0.2) is 18.0 Å². The van der Waals surface area contributed by atoms with Gasteiger partial charge in [-0.1, -0.05) is 26.0 Å². The third kappa shape index (κ3) is 4.64. The lowest BCUT2D eigenvalue weighted by molar-refractivity contribution is -0.125. The molecule has 0 fully saturated rings. The van der Waals surface area contributed by atoms with Crippen molar-refractivity contribution in [1.29, 1.82) is 0 Å². The minimum absolute atomic E-state index is 0.0310. The SMILES string of the molecule is CCC(CC)(CN)C(=O)Nc1ccccc1SC(F)(F)F. The van der Waals surface area contributed by atoms with Gasteiger partial charge in [-0.15, -0.1) is 0 Å². The predicted molar refractivity (Wildman–Crippen MR) is 79.1 cm³/mol. The maximum absolute atomic E-state index is 12.5. The highest BCUT2D eigenvalue weighted by Gasteiger charge is 2.35. The normalized spacial score (nSPS) is 12.3. The highest BCUT2D eigenvalue weighted by atomic mass is 32.2. The number of hydrogen-bond donors (Lipinski definition) is 2. The molecule has 0 bridgehead atoms. The molecule has 0 saturated carbocycles. The molecule has 21 heavy (non-hydrogen) atoms. The molecule has 1 rings (SSSR count). The van der Waals surface area contributed by atoms with Crippen LogP contribution in [0.25, 0.3) is 0 Å². The first-order chi connectivity index (χ1) is 9.78. The Bertz CT molecular complexity index is 479. The van der Waals surface area contributed by atoms with Crippen LogP contribution in [0, 0.1) is 5.41 Å². The maximum atomic E-state index is 12.5. The number of thioether (sulfide) groups is 1. The van der Waals surface area contributed by atoms with Crippen LogP contribution in [0.15, 0.2) is 29.2 Å². The van der Waals surface area contributed by atoms with Crippen molar-refractivity contribution in [2.45, 2.75) is 37.1 Å². The van der Waals surface area contributed by atoms with Crippen LogP contribution < -0.4 is 11.1 Å². The summed E-state index contributed by atoms with van der Waals surface area (Å²) in [5.74, 6) is -0.342. The van der Waals surface area contributed by atoms with Gasteiger partial charge < -0.3 is 11.1 Å². The summed E-state index contributed by atoms with van der Waals surface area (Å²) in [4.78, 5) is 12.3. The summed E-state index contributed by atoms with van der Waals surface area (Å²) in [7, 11) is 0. The fourth-order valence-electron chi connectivity index (χ4n) is 1.99. The van der Waals surface area contributed by atoms with Gasteiger partial charge >= 0.3 is 5.51 Å². The number of nitrogens with one attached hydrogen (secondary N) is 1. The molecule has 7 heteroatoms. The second kappa shape index (κ2) is 7.17. The summed E-state index contributed by atoms with van der Waals surface area (Å²) in [6.45, 7) is 3.83. The molecule has 0 saturated heterocycles. The standard InChI is InChI=1S/C14H19F3N2OS/c1-3-13(4-2,9-18)12(20)19-10-7-5-6-8-11(10)21-14(15,16)17/h5-8H,3-4,9,18H2,1-2H3,(H,19,20). The largest absolute Gasteiger partial charge is 0.446 e. The highest BCUT2D eigenvalue weighted by molar-refractivity contribution is 8.00. The maximum Gasteiger partial charge on any atom is 0.446 e. The molecule has 3 N–H and O–H groups in total. The number of nitrogens with two attached hydrogens (primary N) is 1. The van der Waals surface area contributed by atoms with Gasteiger partial charge in [0.1, 0.15) is 0 Å². The Morgan fingerprint density at radius 2 is 1.81 bits per heavy atom. The third-order valence-corrected chi connectivity index (χ3v) is 4.39. The number of carbonyl (C=O) groups excluding carboxylic acids is 1. The van der Waals surface area contributed by atoms with Crippen molar-refractivity contribution in [1.82, 2.24) is 0 Å². The summed E-state index contributed by atoms with van der Waals surface area (Å²) >= 11 is -0.243. The van der Waals surface area contributed by atoms with Crippen LogP contribution >= 0.6 is 11.8 Å². The number of carbonyl (C=O) groups is 1. The number of rotatable bonds is 6. The van der Waals surface area contributed by atoms with Crippen LogP contribution in [0.3, 0.4) is 0 Å². The Morgan fingerprint density at radius 1 is 1.24 bits per heavy atom. The number of alkyl halides is 3. The van der Waals surface area contributed by atoms with Crippen LogP contribution in [0.5, 0.6) is 0 Å². The van der Waals surface area contributed by atoms with Crippen LogP contribution in [0.2, 0.25) is 0 Å². The van der Waals surface area contributed by atoms with E-state index in [1.54, 1.807) is 6.07 Å². The van der Waals surface area contributed by atoms with E-state index in [2.05, 4.69) is 5.32 Å². The molecule has 0 aliphatic heterocycles. The zero-order valence-electron chi connectivity index (χ0n) is 12.0. The van der Waals surface area contributed by atoms with Crippen molar-refractivity contribution in [3.8, 4) is 0 Å². The molecule has 0 aromatic heterocycles. The van der Waals surface area contributed by atoms with Gasteiger partial charge in [0.25, 0.3) is 0 Å². The topological polar surface area (TPSA) is 55.1 Å². The number of amides is 1. The van der Waals surface area contributed by atoms with E-state index in [-0.39, 0.29) is 34.8 Å². The van der Waals surface area contributed by atoms with Crippen molar-refractivity contribution >= 4 is 23.4 Å². The Morgan fingerprint density at radius 3 is 2.29 bits per heavy atom. The number of para-hydroxylation sites is 1. The molecular weight excluding hydrogens is 301 g/mol. The van der Waals surface area contributed by atoms with Crippen LogP contribution in [-0.2, 0) is 4.79 Å². The van der Waals surface area contributed by atoms with Gasteiger partial charge in [0.15, 0.2) is 0 Å². The lowest BCUT2D eigenvalue weighted by atomic mass is 9.81. The van der Waals surface area contributed by atoms with Gasteiger partial charge in [0.05, 0.1) is 11.1 Å². The number of halogens is 3. The number of anilines is 1. The van der Waals surface area contributed by atoms with Gasteiger partial charge in [-0.05, 0) is 36.7 Å². The Hall–Kier alpha value is -1.21. The smallest absolute Gasteiger partial charge is 0.329 e. The highest BCUT2D eigenvalue weighted by Crippen LogP contribution is 2.40. The van der Waals surface area contributed by atoms with E-state index < -0.39 is 10.9 Å².